The number of likely N-dealkylation sites (tertiary alicyclic amines) is 1. The summed E-state index contributed by atoms with van der Waals surface area (Å²) in [7, 11) is 3.67. The van der Waals surface area contributed by atoms with Gasteiger partial charge in [0.15, 0.2) is 5.82 Å². The summed E-state index contributed by atoms with van der Waals surface area (Å²) < 4.78 is 3.40. The van der Waals surface area contributed by atoms with Crippen LogP contribution in [0.1, 0.15) is 51.5 Å². The molecule has 0 saturated carbocycles. The van der Waals surface area contributed by atoms with Crippen LogP contribution >= 0.6 is 0 Å². The topological polar surface area (TPSA) is 126 Å². The van der Waals surface area contributed by atoms with Crippen molar-refractivity contribution in [2.45, 2.75) is 25.4 Å². The van der Waals surface area contributed by atoms with Crippen molar-refractivity contribution < 1.29 is 14.4 Å². The number of amides is 3. The second-order valence-corrected chi connectivity index (χ2v) is 9.24. The van der Waals surface area contributed by atoms with Gasteiger partial charge >= 0.3 is 0 Å². The molecule has 3 amide bonds. The van der Waals surface area contributed by atoms with E-state index in [9.17, 15) is 14.4 Å². The van der Waals surface area contributed by atoms with E-state index in [1.165, 1.54) is 6.20 Å². The Bertz CT molecular complexity index is 1300. The third kappa shape index (κ3) is 3.54. The number of hydrogen-bond donors (Lipinski definition) is 3. The zero-order valence-corrected chi connectivity index (χ0v) is 19.0. The van der Waals surface area contributed by atoms with E-state index in [0.29, 0.717) is 23.7 Å². The maximum atomic E-state index is 12.9. The Hall–Kier alpha value is -3.73. The minimum absolute atomic E-state index is 0.0245. The molecule has 5 heterocycles. The molecule has 2 aliphatic rings. The van der Waals surface area contributed by atoms with Gasteiger partial charge in [-0.3, -0.25) is 14.4 Å². The quantitative estimate of drug-likeness (QED) is 0.539. The van der Waals surface area contributed by atoms with Gasteiger partial charge in [-0.2, -0.15) is 0 Å². The summed E-state index contributed by atoms with van der Waals surface area (Å²) in [6, 6.07) is 5.20. The number of imidazole rings is 1. The molecule has 0 bridgehead atoms. The van der Waals surface area contributed by atoms with E-state index < -0.39 is 5.91 Å². The SMILES string of the molecule is CC1CNC(=O)c2cc3ccc(C(=O)Nc4cnc(C(=O)NC5(C)CN(C)C5)n4C)nc3n21. The molecule has 1 unspecified atom stereocenters. The lowest BCUT2D eigenvalue weighted by atomic mass is 9.93. The highest BCUT2D eigenvalue weighted by Gasteiger charge is 2.38. The van der Waals surface area contributed by atoms with Crippen molar-refractivity contribution in [3.05, 3.63) is 41.6 Å². The molecule has 1 saturated heterocycles. The van der Waals surface area contributed by atoms with Crippen LogP contribution in [0.3, 0.4) is 0 Å². The van der Waals surface area contributed by atoms with E-state index in [1.54, 1.807) is 29.8 Å². The van der Waals surface area contributed by atoms with Crippen molar-refractivity contribution in [1.29, 1.82) is 0 Å². The van der Waals surface area contributed by atoms with E-state index in [-0.39, 0.29) is 34.9 Å². The molecule has 0 radical (unpaired) electrons. The average Bonchev–Trinajstić information content (AvgIpc) is 3.31. The lowest BCUT2D eigenvalue weighted by Crippen LogP contribution is -2.67. The van der Waals surface area contributed by atoms with Crippen molar-refractivity contribution in [3.8, 4) is 0 Å². The fraction of sp³-hybridized carbons (Fsp3) is 0.409. The van der Waals surface area contributed by atoms with Crippen molar-refractivity contribution >= 4 is 34.6 Å². The number of carbonyl (C=O) groups excluding carboxylic acids is 3. The van der Waals surface area contributed by atoms with Gasteiger partial charge in [0.25, 0.3) is 17.7 Å². The summed E-state index contributed by atoms with van der Waals surface area (Å²) in [6.07, 6.45) is 1.45. The van der Waals surface area contributed by atoms with Gasteiger partial charge in [-0.25, -0.2) is 9.97 Å². The van der Waals surface area contributed by atoms with Crippen molar-refractivity contribution in [2.24, 2.45) is 7.05 Å². The molecule has 1 atom stereocenters. The van der Waals surface area contributed by atoms with Gasteiger partial charge in [0, 0.05) is 32.1 Å². The van der Waals surface area contributed by atoms with Gasteiger partial charge in [0.05, 0.1) is 17.8 Å². The Kier molecular flexibility index (Phi) is 4.74. The number of aromatic nitrogens is 4. The predicted octanol–water partition coefficient (Wildman–Crippen LogP) is 0.760. The summed E-state index contributed by atoms with van der Waals surface area (Å²) in [4.78, 5) is 48.7. The molecule has 2 aliphatic heterocycles. The Morgan fingerprint density at radius 1 is 1.21 bits per heavy atom. The van der Waals surface area contributed by atoms with Crippen LogP contribution in [-0.2, 0) is 7.05 Å². The Labute approximate surface area is 190 Å². The first-order chi connectivity index (χ1) is 15.6. The van der Waals surface area contributed by atoms with Crippen LogP contribution < -0.4 is 16.0 Å². The van der Waals surface area contributed by atoms with Crippen molar-refractivity contribution in [3.63, 3.8) is 0 Å². The molecule has 33 heavy (non-hydrogen) atoms. The maximum absolute atomic E-state index is 12.9. The summed E-state index contributed by atoms with van der Waals surface area (Å²) in [5.41, 5.74) is 1.04. The smallest absolute Gasteiger partial charge is 0.287 e. The van der Waals surface area contributed by atoms with Crippen molar-refractivity contribution in [1.82, 2.24) is 34.6 Å². The minimum atomic E-state index is -0.428. The molecule has 11 heteroatoms. The minimum Gasteiger partial charge on any atom is -0.349 e. The number of likely N-dealkylation sites (N-methyl/N-ethyl adjacent to an activating group) is 1. The van der Waals surface area contributed by atoms with Crippen molar-refractivity contribution in [2.75, 3.05) is 32.0 Å². The zero-order chi connectivity index (χ0) is 23.5. The zero-order valence-electron chi connectivity index (χ0n) is 19.0. The second-order valence-electron chi connectivity index (χ2n) is 9.24. The van der Waals surface area contributed by atoms with Crippen LogP contribution in [0.4, 0.5) is 5.82 Å². The normalized spacial score (nSPS) is 19.5. The molecular weight excluding hydrogens is 424 g/mol. The van der Waals surface area contributed by atoms with E-state index in [1.807, 2.05) is 25.5 Å². The fourth-order valence-electron chi connectivity index (χ4n) is 4.74. The van der Waals surface area contributed by atoms with E-state index in [4.69, 9.17) is 0 Å². The molecule has 0 spiro atoms. The number of nitrogens with zero attached hydrogens (tertiary/aromatic N) is 5. The number of carbonyl (C=O) groups is 3. The summed E-state index contributed by atoms with van der Waals surface area (Å²) in [5.74, 6) is -0.277. The molecule has 172 valence electrons. The van der Waals surface area contributed by atoms with E-state index in [0.717, 1.165) is 18.5 Å². The molecule has 0 aromatic carbocycles. The lowest BCUT2D eigenvalue weighted by molar-refractivity contribution is 0.0604. The van der Waals surface area contributed by atoms with Crippen LogP contribution in [0.5, 0.6) is 0 Å². The van der Waals surface area contributed by atoms with Crippen LogP contribution in [0.25, 0.3) is 11.0 Å². The molecule has 0 aliphatic carbocycles. The second kappa shape index (κ2) is 7.41. The number of rotatable bonds is 4. The standard InChI is InChI=1S/C22H26N8O3/c1-12-8-24-20(32)15-7-13-5-6-14(25-17(13)30(12)15)19(31)26-16-9-23-18(29(16)4)21(33)27-22(2)10-28(3)11-22/h5-7,9,12H,8,10-11H2,1-4H3,(H,24,32)(H,26,31)(H,27,33). The van der Waals surface area contributed by atoms with Gasteiger partial charge < -0.3 is 30.0 Å². The lowest BCUT2D eigenvalue weighted by Gasteiger charge is -2.46. The summed E-state index contributed by atoms with van der Waals surface area (Å²) in [6.45, 7) is 6.02. The predicted molar refractivity (Wildman–Crippen MR) is 121 cm³/mol. The molecule has 3 N–H and O–H groups in total. The number of anilines is 1. The van der Waals surface area contributed by atoms with Crippen LogP contribution in [-0.4, -0.2) is 73.9 Å². The van der Waals surface area contributed by atoms with E-state index >= 15 is 0 Å². The Morgan fingerprint density at radius 3 is 2.70 bits per heavy atom. The van der Waals surface area contributed by atoms with Gasteiger partial charge in [-0.15, -0.1) is 0 Å². The van der Waals surface area contributed by atoms with Gasteiger partial charge in [-0.1, -0.05) is 0 Å². The average molecular weight is 451 g/mol. The number of fused-ring (bicyclic) bond motifs is 3. The first kappa shape index (κ1) is 21.1. The summed E-state index contributed by atoms with van der Waals surface area (Å²) >= 11 is 0. The van der Waals surface area contributed by atoms with Gasteiger partial charge in [0.2, 0.25) is 0 Å². The first-order valence-electron chi connectivity index (χ1n) is 10.8. The third-order valence-electron chi connectivity index (χ3n) is 6.24. The number of hydrogen-bond acceptors (Lipinski definition) is 6. The van der Waals surface area contributed by atoms with E-state index in [2.05, 4.69) is 30.8 Å². The van der Waals surface area contributed by atoms with Crippen LogP contribution in [0.2, 0.25) is 0 Å². The van der Waals surface area contributed by atoms with Crippen LogP contribution in [0, 0.1) is 0 Å². The molecule has 11 nitrogen and oxygen atoms in total. The monoisotopic (exact) mass is 450 g/mol. The van der Waals surface area contributed by atoms with Crippen LogP contribution in [0.15, 0.2) is 24.4 Å². The first-order valence-corrected chi connectivity index (χ1v) is 10.8. The number of nitrogens with one attached hydrogen (secondary N) is 3. The van der Waals surface area contributed by atoms with Gasteiger partial charge in [-0.05, 0) is 39.1 Å². The van der Waals surface area contributed by atoms with Gasteiger partial charge in [0.1, 0.15) is 22.9 Å². The maximum Gasteiger partial charge on any atom is 0.287 e. The molecular formula is C22H26N8O3. The molecule has 3 aromatic heterocycles. The molecule has 1 fully saturated rings. The third-order valence-corrected chi connectivity index (χ3v) is 6.24. The highest BCUT2D eigenvalue weighted by Crippen LogP contribution is 2.26. The highest BCUT2D eigenvalue weighted by atomic mass is 16.2. The molecule has 3 aromatic rings. The Morgan fingerprint density at radius 2 is 1.97 bits per heavy atom. The number of pyridine rings is 1. The Balaban J connectivity index is 1.36. The summed E-state index contributed by atoms with van der Waals surface area (Å²) in [5, 5.41) is 9.43. The molecule has 5 rings (SSSR count). The highest BCUT2D eigenvalue weighted by molar-refractivity contribution is 6.05. The fourth-order valence-corrected chi connectivity index (χ4v) is 4.74. The largest absolute Gasteiger partial charge is 0.349 e.